The largest absolute Gasteiger partial charge is 0.442 e. The first-order valence-corrected chi connectivity index (χ1v) is 13.1. The molecule has 2 aliphatic heterocycles. The van der Waals surface area contributed by atoms with Gasteiger partial charge in [0.25, 0.3) is 0 Å². The summed E-state index contributed by atoms with van der Waals surface area (Å²) >= 11 is 1.70. The smallest absolute Gasteiger partial charge is 0.414 e. The van der Waals surface area contributed by atoms with Crippen molar-refractivity contribution in [3.05, 3.63) is 59.4 Å². The Labute approximate surface area is 218 Å². The Morgan fingerprint density at radius 2 is 1.95 bits per heavy atom. The van der Waals surface area contributed by atoms with Crippen molar-refractivity contribution in [1.82, 2.24) is 10.6 Å². The summed E-state index contributed by atoms with van der Waals surface area (Å²) in [5, 5.41) is 8.61. The molecule has 0 bridgehead atoms. The third-order valence-corrected chi connectivity index (χ3v) is 7.34. The molecule has 2 fully saturated rings. The van der Waals surface area contributed by atoms with E-state index in [1.165, 1.54) is 17.9 Å². The van der Waals surface area contributed by atoms with Crippen molar-refractivity contribution >= 4 is 46.8 Å². The zero-order valence-electron chi connectivity index (χ0n) is 20.4. The summed E-state index contributed by atoms with van der Waals surface area (Å²) in [7, 11) is 0. The summed E-state index contributed by atoms with van der Waals surface area (Å²) in [5.74, 6) is -0.192. The predicted octanol–water partition coefficient (Wildman–Crippen LogP) is 3.27. The van der Waals surface area contributed by atoms with Gasteiger partial charge < -0.3 is 20.7 Å². The second kappa shape index (κ2) is 12.2. The van der Waals surface area contributed by atoms with Crippen LogP contribution >= 0.6 is 11.8 Å². The molecule has 2 heterocycles. The number of benzene rings is 2. The molecule has 196 valence electrons. The van der Waals surface area contributed by atoms with E-state index in [0.717, 1.165) is 12.3 Å². The van der Waals surface area contributed by atoms with Crippen LogP contribution in [0.15, 0.2) is 42.5 Å². The van der Waals surface area contributed by atoms with Crippen LogP contribution in [0, 0.1) is 5.82 Å². The molecule has 11 heteroatoms. The first-order valence-electron chi connectivity index (χ1n) is 12.1. The average molecular weight is 529 g/mol. The molecule has 0 radical (unpaired) electrons. The molecule has 2 atom stereocenters. The van der Waals surface area contributed by atoms with Crippen LogP contribution in [0.5, 0.6) is 0 Å². The number of anilines is 2. The van der Waals surface area contributed by atoms with Gasteiger partial charge >= 0.3 is 6.09 Å². The standard InChI is InChI=1S/C26H29FN4O5S/c1-16(32)30-18-4-2-17(3-5-18)23(33)8-9-25(34)29-13-20-15-31(26(35)36-20)19-6-7-21(22(27)12-19)24-14-28-10-11-37-24/h2-7,12,20,24,28H,8-11,13-15H2,1H3,(H,29,34)(H,30,32)/t20-,24?/m0/s1. The third kappa shape index (κ3) is 7.07. The molecular weight excluding hydrogens is 499 g/mol. The molecule has 4 rings (SSSR count). The van der Waals surface area contributed by atoms with Gasteiger partial charge in [-0.2, -0.15) is 11.8 Å². The molecule has 2 aromatic rings. The van der Waals surface area contributed by atoms with Gasteiger partial charge in [0.05, 0.1) is 18.8 Å². The molecule has 9 nitrogen and oxygen atoms in total. The Bertz CT molecular complexity index is 1170. The lowest BCUT2D eigenvalue weighted by Gasteiger charge is -2.24. The molecule has 37 heavy (non-hydrogen) atoms. The summed E-state index contributed by atoms with van der Waals surface area (Å²) in [6.45, 7) is 3.27. The number of carbonyl (C=O) groups excluding carboxylic acids is 4. The van der Waals surface area contributed by atoms with E-state index < -0.39 is 12.2 Å². The molecule has 3 amide bonds. The zero-order chi connectivity index (χ0) is 26.4. The maximum Gasteiger partial charge on any atom is 0.414 e. The molecule has 2 aromatic carbocycles. The van der Waals surface area contributed by atoms with Gasteiger partial charge in [0, 0.05) is 60.7 Å². The van der Waals surface area contributed by atoms with E-state index >= 15 is 0 Å². The summed E-state index contributed by atoms with van der Waals surface area (Å²) in [4.78, 5) is 49.4. The van der Waals surface area contributed by atoms with Crippen LogP contribution in [-0.4, -0.2) is 61.7 Å². The number of nitrogens with one attached hydrogen (secondary N) is 3. The predicted molar refractivity (Wildman–Crippen MR) is 139 cm³/mol. The van der Waals surface area contributed by atoms with Crippen LogP contribution in [0.3, 0.4) is 0 Å². The molecule has 2 aliphatic rings. The second-order valence-electron chi connectivity index (χ2n) is 8.87. The second-order valence-corrected chi connectivity index (χ2v) is 10.2. The van der Waals surface area contributed by atoms with E-state index in [2.05, 4.69) is 16.0 Å². The van der Waals surface area contributed by atoms with Gasteiger partial charge in [-0.15, -0.1) is 0 Å². The quantitative estimate of drug-likeness (QED) is 0.428. The molecular formula is C26H29FN4O5S. The van der Waals surface area contributed by atoms with Crippen LogP contribution in [0.25, 0.3) is 0 Å². The summed E-state index contributed by atoms with van der Waals surface area (Å²) < 4.78 is 20.1. The normalized spacial score (nSPS) is 19.3. The van der Waals surface area contributed by atoms with Crippen molar-refractivity contribution in [2.24, 2.45) is 0 Å². The average Bonchev–Trinajstić information content (AvgIpc) is 3.27. The molecule has 0 aliphatic carbocycles. The van der Waals surface area contributed by atoms with Gasteiger partial charge in [-0.3, -0.25) is 19.3 Å². The Morgan fingerprint density at radius 3 is 2.62 bits per heavy atom. The highest BCUT2D eigenvalue weighted by Gasteiger charge is 2.33. The number of nitrogens with zero attached hydrogens (tertiary/aromatic N) is 1. The molecule has 0 saturated carbocycles. The topological polar surface area (TPSA) is 117 Å². The molecule has 3 N–H and O–H groups in total. The van der Waals surface area contributed by atoms with E-state index in [4.69, 9.17) is 4.74 Å². The van der Waals surface area contributed by atoms with Crippen molar-refractivity contribution in [3.8, 4) is 0 Å². The number of hydrogen-bond acceptors (Lipinski definition) is 7. The molecule has 2 saturated heterocycles. The van der Waals surface area contributed by atoms with Gasteiger partial charge in [-0.05, 0) is 36.4 Å². The van der Waals surface area contributed by atoms with Gasteiger partial charge in [-0.25, -0.2) is 9.18 Å². The lowest BCUT2D eigenvalue weighted by atomic mass is 10.1. The Morgan fingerprint density at radius 1 is 1.16 bits per heavy atom. The van der Waals surface area contributed by atoms with Crippen molar-refractivity contribution in [2.45, 2.75) is 31.1 Å². The van der Waals surface area contributed by atoms with E-state index in [-0.39, 0.29) is 54.6 Å². The molecule has 0 spiro atoms. The Hall–Kier alpha value is -3.44. The number of thioether (sulfide) groups is 1. The fraction of sp³-hybridized carbons (Fsp3) is 0.385. The van der Waals surface area contributed by atoms with Crippen LogP contribution < -0.4 is 20.9 Å². The van der Waals surface area contributed by atoms with Gasteiger partial charge in [-0.1, -0.05) is 6.07 Å². The highest BCUT2D eigenvalue weighted by molar-refractivity contribution is 7.99. The summed E-state index contributed by atoms with van der Waals surface area (Å²) in [5.41, 5.74) is 2.04. The zero-order valence-corrected chi connectivity index (χ0v) is 21.2. The van der Waals surface area contributed by atoms with E-state index in [1.54, 1.807) is 48.2 Å². The highest BCUT2D eigenvalue weighted by atomic mass is 32.2. The Kier molecular flexibility index (Phi) is 8.78. The van der Waals surface area contributed by atoms with Crippen molar-refractivity contribution in [2.75, 3.05) is 42.1 Å². The summed E-state index contributed by atoms with van der Waals surface area (Å²) in [6.07, 6.45) is -1.19. The number of cyclic esters (lactones) is 1. The van der Waals surface area contributed by atoms with Gasteiger partial charge in [0.15, 0.2) is 5.78 Å². The molecule has 0 aromatic heterocycles. The lowest BCUT2D eigenvalue weighted by molar-refractivity contribution is -0.121. The summed E-state index contributed by atoms with van der Waals surface area (Å²) in [6, 6.07) is 11.2. The fourth-order valence-corrected chi connectivity index (χ4v) is 5.33. The number of ketones is 1. The third-order valence-electron chi connectivity index (χ3n) is 6.08. The fourth-order valence-electron chi connectivity index (χ4n) is 4.18. The van der Waals surface area contributed by atoms with E-state index in [1.807, 2.05) is 0 Å². The van der Waals surface area contributed by atoms with Gasteiger partial charge in [0.2, 0.25) is 11.8 Å². The minimum atomic E-state index is -0.599. The number of Topliss-reactive ketones (excluding diaryl/α,β-unsaturated/α-hetero) is 1. The van der Waals surface area contributed by atoms with Crippen molar-refractivity contribution < 1.29 is 28.3 Å². The molecule has 1 unspecified atom stereocenters. The maximum absolute atomic E-state index is 14.8. The lowest BCUT2D eigenvalue weighted by Crippen LogP contribution is -2.34. The monoisotopic (exact) mass is 528 g/mol. The number of halogens is 1. The van der Waals surface area contributed by atoms with Crippen LogP contribution in [0.4, 0.5) is 20.6 Å². The highest BCUT2D eigenvalue weighted by Crippen LogP contribution is 2.34. The number of rotatable bonds is 9. The van der Waals surface area contributed by atoms with Crippen LogP contribution in [0.2, 0.25) is 0 Å². The van der Waals surface area contributed by atoms with Crippen molar-refractivity contribution in [1.29, 1.82) is 0 Å². The van der Waals surface area contributed by atoms with Crippen molar-refractivity contribution in [3.63, 3.8) is 0 Å². The first kappa shape index (κ1) is 26.6. The van der Waals surface area contributed by atoms with Crippen LogP contribution in [0.1, 0.15) is 40.9 Å². The SMILES string of the molecule is CC(=O)Nc1ccc(C(=O)CCC(=O)NC[C@H]2CN(c3ccc(C4CNCCS4)c(F)c3)C(=O)O2)cc1. The van der Waals surface area contributed by atoms with Crippen LogP contribution in [-0.2, 0) is 14.3 Å². The maximum atomic E-state index is 14.8. The number of amides is 3. The number of hydrogen-bond donors (Lipinski definition) is 3. The Balaban J connectivity index is 1.23. The van der Waals surface area contributed by atoms with E-state index in [9.17, 15) is 23.6 Å². The minimum Gasteiger partial charge on any atom is -0.442 e. The van der Waals surface area contributed by atoms with Gasteiger partial charge in [0.1, 0.15) is 11.9 Å². The van der Waals surface area contributed by atoms with E-state index in [0.29, 0.717) is 29.0 Å². The number of ether oxygens (including phenoxy) is 1. The minimum absolute atomic E-state index is 0.0162. The first-order chi connectivity index (χ1) is 17.8. The number of carbonyl (C=O) groups is 4.